The van der Waals surface area contributed by atoms with Gasteiger partial charge in [-0.15, -0.1) is 0 Å². The average molecular weight is 244 g/mol. The lowest BCUT2D eigenvalue weighted by Gasteiger charge is -2.41. The van der Waals surface area contributed by atoms with Crippen LogP contribution in [0.4, 0.5) is 0 Å². The van der Waals surface area contributed by atoms with Gasteiger partial charge in [0.15, 0.2) is 0 Å². The highest BCUT2D eigenvalue weighted by molar-refractivity contribution is 5.47. The van der Waals surface area contributed by atoms with Gasteiger partial charge < -0.3 is 10.5 Å². The highest BCUT2D eigenvalue weighted by atomic mass is 16.5. The minimum atomic E-state index is -0.546. The molecule has 96 valence electrons. The number of nitriles is 1. The maximum Gasteiger partial charge on any atom is 0.123 e. The molecule has 0 saturated carbocycles. The van der Waals surface area contributed by atoms with Gasteiger partial charge in [0.2, 0.25) is 0 Å². The first-order valence-electron chi connectivity index (χ1n) is 6.25. The number of nitrogens with zero attached hydrogens (tertiary/aromatic N) is 1. The number of benzene rings is 1. The molecule has 1 aliphatic heterocycles. The Morgan fingerprint density at radius 2 is 1.72 bits per heavy atom. The molecule has 2 rings (SSSR count). The van der Waals surface area contributed by atoms with Crippen LogP contribution < -0.4 is 5.73 Å². The van der Waals surface area contributed by atoms with Crippen LogP contribution in [0.15, 0.2) is 6.07 Å². The average Bonchev–Trinajstić information content (AvgIpc) is 2.26. The predicted octanol–water partition coefficient (Wildman–Crippen LogP) is 2.46. The summed E-state index contributed by atoms with van der Waals surface area (Å²) in [5.74, 6) is 0. The molecule has 2 N–H and O–H groups in total. The summed E-state index contributed by atoms with van der Waals surface area (Å²) in [7, 11) is 0. The molecule has 0 aliphatic carbocycles. The Bertz CT molecular complexity index is 498. The van der Waals surface area contributed by atoms with Crippen LogP contribution >= 0.6 is 0 Å². The topological polar surface area (TPSA) is 59.0 Å². The Labute approximate surface area is 109 Å². The van der Waals surface area contributed by atoms with Gasteiger partial charge in [0, 0.05) is 0 Å². The van der Waals surface area contributed by atoms with Crippen LogP contribution in [0.5, 0.6) is 0 Å². The molecule has 1 aromatic rings. The first kappa shape index (κ1) is 13.1. The van der Waals surface area contributed by atoms with Crippen molar-refractivity contribution in [3.63, 3.8) is 0 Å². The van der Waals surface area contributed by atoms with Crippen molar-refractivity contribution in [3.05, 3.63) is 33.9 Å². The smallest absolute Gasteiger partial charge is 0.123 e. The molecule has 3 heteroatoms. The Balaban J connectivity index is 2.55. The van der Waals surface area contributed by atoms with Crippen molar-refractivity contribution in [3.8, 4) is 6.07 Å². The molecule has 0 spiro atoms. The fourth-order valence-corrected chi connectivity index (χ4v) is 2.63. The lowest BCUT2D eigenvalue weighted by Crippen LogP contribution is -2.49. The summed E-state index contributed by atoms with van der Waals surface area (Å²) in [5.41, 5.74) is 11.8. The summed E-state index contributed by atoms with van der Waals surface area (Å²) in [6.45, 7) is 9.23. The highest BCUT2D eigenvalue weighted by Crippen LogP contribution is 2.41. The van der Waals surface area contributed by atoms with Crippen molar-refractivity contribution in [1.29, 1.82) is 5.26 Å². The second-order valence-electron chi connectivity index (χ2n) is 5.41. The minimum Gasteiger partial charge on any atom is -0.378 e. The number of hydrogen-bond donors (Lipinski definition) is 1. The SMILES string of the molecule is Cc1cc(C)c(C)c(C(N)C2(C#N)COC2)c1C. The van der Waals surface area contributed by atoms with E-state index in [-0.39, 0.29) is 6.04 Å². The molecule has 1 fully saturated rings. The summed E-state index contributed by atoms with van der Waals surface area (Å²) in [6, 6.07) is 4.27. The van der Waals surface area contributed by atoms with E-state index in [1.54, 1.807) is 0 Å². The largest absolute Gasteiger partial charge is 0.378 e. The van der Waals surface area contributed by atoms with Crippen LogP contribution in [0.2, 0.25) is 0 Å². The van der Waals surface area contributed by atoms with Gasteiger partial charge in [-0.05, 0) is 55.5 Å². The lowest BCUT2D eigenvalue weighted by molar-refractivity contribution is -0.0912. The summed E-state index contributed by atoms with van der Waals surface area (Å²) in [4.78, 5) is 0. The van der Waals surface area contributed by atoms with E-state index in [0.29, 0.717) is 13.2 Å². The van der Waals surface area contributed by atoms with E-state index in [4.69, 9.17) is 10.5 Å². The summed E-state index contributed by atoms with van der Waals surface area (Å²) in [6.07, 6.45) is 0. The molecular weight excluding hydrogens is 224 g/mol. The van der Waals surface area contributed by atoms with Gasteiger partial charge in [0.25, 0.3) is 0 Å². The molecule has 0 radical (unpaired) electrons. The molecule has 3 nitrogen and oxygen atoms in total. The number of ether oxygens (including phenoxy) is 1. The normalized spacial score (nSPS) is 18.9. The first-order valence-corrected chi connectivity index (χ1v) is 6.25. The van der Waals surface area contributed by atoms with Crippen molar-refractivity contribution in [2.75, 3.05) is 13.2 Å². The van der Waals surface area contributed by atoms with E-state index >= 15 is 0 Å². The van der Waals surface area contributed by atoms with Gasteiger partial charge in [-0.3, -0.25) is 0 Å². The molecule has 0 bridgehead atoms. The molecule has 18 heavy (non-hydrogen) atoms. The third-order valence-electron chi connectivity index (χ3n) is 4.27. The Morgan fingerprint density at radius 1 is 1.22 bits per heavy atom. The van der Waals surface area contributed by atoms with Crippen molar-refractivity contribution in [1.82, 2.24) is 0 Å². The fraction of sp³-hybridized carbons (Fsp3) is 0.533. The predicted molar refractivity (Wildman–Crippen MR) is 71.2 cm³/mol. The third-order valence-corrected chi connectivity index (χ3v) is 4.27. The first-order chi connectivity index (χ1) is 8.43. The molecule has 0 amide bonds. The minimum absolute atomic E-state index is 0.269. The van der Waals surface area contributed by atoms with Gasteiger partial charge >= 0.3 is 0 Å². The van der Waals surface area contributed by atoms with Crippen molar-refractivity contribution in [2.45, 2.75) is 33.7 Å². The van der Waals surface area contributed by atoms with Crippen molar-refractivity contribution < 1.29 is 4.74 Å². The zero-order valence-electron chi connectivity index (χ0n) is 11.5. The van der Waals surface area contributed by atoms with Crippen LogP contribution in [0, 0.1) is 44.4 Å². The van der Waals surface area contributed by atoms with Crippen LogP contribution in [0.25, 0.3) is 0 Å². The molecule has 1 aliphatic rings. The Hall–Kier alpha value is -1.37. The summed E-state index contributed by atoms with van der Waals surface area (Å²) in [5, 5.41) is 9.38. The number of rotatable bonds is 2. The van der Waals surface area contributed by atoms with Crippen LogP contribution in [-0.4, -0.2) is 13.2 Å². The van der Waals surface area contributed by atoms with Crippen molar-refractivity contribution >= 4 is 0 Å². The van der Waals surface area contributed by atoms with Crippen molar-refractivity contribution in [2.24, 2.45) is 11.1 Å². The number of aryl methyl sites for hydroxylation is 2. The maximum atomic E-state index is 9.38. The zero-order valence-corrected chi connectivity index (χ0v) is 11.5. The van der Waals surface area contributed by atoms with E-state index in [2.05, 4.69) is 39.8 Å². The lowest BCUT2D eigenvalue weighted by atomic mass is 9.74. The van der Waals surface area contributed by atoms with Crippen LogP contribution in [0.1, 0.15) is 33.9 Å². The standard InChI is InChI=1S/C15H20N2O/c1-9-5-10(2)12(4)13(11(9)3)14(17)15(6-16)7-18-8-15/h5,14H,7-8,17H2,1-4H3. The van der Waals surface area contributed by atoms with Gasteiger partial charge in [-0.2, -0.15) is 5.26 Å². The van der Waals surface area contributed by atoms with Gasteiger partial charge in [0.05, 0.1) is 25.3 Å². The van der Waals surface area contributed by atoms with Crippen LogP contribution in [-0.2, 0) is 4.74 Å². The zero-order chi connectivity index (χ0) is 13.5. The third kappa shape index (κ3) is 1.73. The molecule has 0 aromatic heterocycles. The Morgan fingerprint density at radius 3 is 2.06 bits per heavy atom. The molecule has 1 atom stereocenters. The number of nitrogens with two attached hydrogens (primary N) is 1. The second kappa shape index (κ2) is 4.38. The summed E-state index contributed by atoms with van der Waals surface area (Å²) >= 11 is 0. The Kier molecular flexibility index (Phi) is 3.18. The van der Waals surface area contributed by atoms with E-state index in [1.807, 2.05) is 0 Å². The van der Waals surface area contributed by atoms with E-state index in [9.17, 15) is 5.26 Å². The van der Waals surface area contributed by atoms with Gasteiger partial charge in [-0.1, -0.05) is 6.07 Å². The quantitative estimate of drug-likeness (QED) is 0.869. The number of hydrogen-bond acceptors (Lipinski definition) is 3. The van der Waals surface area contributed by atoms with E-state index in [1.165, 1.54) is 22.3 Å². The monoisotopic (exact) mass is 244 g/mol. The molecule has 1 aromatic carbocycles. The van der Waals surface area contributed by atoms with Gasteiger partial charge in [-0.25, -0.2) is 0 Å². The van der Waals surface area contributed by atoms with Crippen LogP contribution in [0.3, 0.4) is 0 Å². The molecule has 1 saturated heterocycles. The molecular formula is C15H20N2O. The second-order valence-corrected chi connectivity index (χ2v) is 5.41. The molecule has 1 heterocycles. The van der Waals surface area contributed by atoms with E-state index < -0.39 is 5.41 Å². The highest BCUT2D eigenvalue weighted by Gasteiger charge is 2.46. The van der Waals surface area contributed by atoms with Gasteiger partial charge in [0.1, 0.15) is 5.41 Å². The fourth-order valence-electron chi connectivity index (χ4n) is 2.63. The summed E-state index contributed by atoms with van der Waals surface area (Å²) < 4.78 is 5.21. The van der Waals surface area contributed by atoms with E-state index in [0.717, 1.165) is 5.56 Å². The molecule has 1 unspecified atom stereocenters. The maximum absolute atomic E-state index is 9.38.